The molecule has 1 saturated carbocycles. The van der Waals surface area contributed by atoms with Gasteiger partial charge in [-0.3, -0.25) is 14.4 Å². The van der Waals surface area contributed by atoms with Crippen molar-refractivity contribution in [3.63, 3.8) is 0 Å². The topological polar surface area (TPSA) is 83.4 Å². The molecule has 0 bridgehead atoms. The summed E-state index contributed by atoms with van der Waals surface area (Å²) in [7, 11) is 0. The first-order chi connectivity index (χ1) is 18.9. The maximum Gasteiger partial charge on any atom is 0.246 e. The second-order valence-corrected chi connectivity index (χ2v) is 12.1. The standard InChI is InChI=1S/C31H40N4O3S/c1-3-34(25-6-4-5-21(2)17-25)30(37)20-35-26-13-16-39-29(26)19-27(35)28(36)18-22-7-9-23(10-8-22)31(38)33-24-11-14-32-15-12-24/h4-6,13,16-17,19,22-24,32H,3,7-12,14-15,18,20H2,1-2H3,(H,33,38). The lowest BCUT2D eigenvalue weighted by Gasteiger charge is -2.30. The second kappa shape index (κ2) is 12.5. The summed E-state index contributed by atoms with van der Waals surface area (Å²) in [4.78, 5) is 41.7. The monoisotopic (exact) mass is 548 g/mol. The summed E-state index contributed by atoms with van der Waals surface area (Å²) in [6.45, 7) is 6.63. The fourth-order valence-electron chi connectivity index (χ4n) is 6.18. The van der Waals surface area contributed by atoms with Crippen LogP contribution in [0, 0.1) is 18.8 Å². The van der Waals surface area contributed by atoms with E-state index < -0.39 is 0 Å². The third kappa shape index (κ3) is 6.44. The van der Waals surface area contributed by atoms with Crippen LogP contribution in [-0.2, 0) is 16.1 Å². The quantitative estimate of drug-likeness (QED) is 0.355. The summed E-state index contributed by atoms with van der Waals surface area (Å²) in [5.74, 6) is 0.582. The number of thiophene rings is 1. The van der Waals surface area contributed by atoms with E-state index in [0.717, 1.165) is 73.1 Å². The highest BCUT2D eigenvalue weighted by molar-refractivity contribution is 7.17. The van der Waals surface area contributed by atoms with Crippen LogP contribution in [0.2, 0.25) is 0 Å². The summed E-state index contributed by atoms with van der Waals surface area (Å²) in [5, 5.41) is 8.60. The number of nitrogens with one attached hydrogen (secondary N) is 2. The summed E-state index contributed by atoms with van der Waals surface area (Å²) in [6.07, 6.45) is 5.91. The fraction of sp³-hybridized carbons (Fsp3) is 0.516. The molecule has 0 spiro atoms. The number of likely N-dealkylation sites (N-methyl/N-ethyl adjacent to an activating group) is 1. The summed E-state index contributed by atoms with van der Waals surface area (Å²) < 4.78 is 2.94. The molecule has 1 aromatic carbocycles. The summed E-state index contributed by atoms with van der Waals surface area (Å²) >= 11 is 1.60. The number of rotatable bonds is 9. The first-order valence-electron chi connectivity index (χ1n) is 14.4. The molecule has 8 heteroatoms. The predicted octanol–water partition coefficient (Wildman–Crippen LogP) is 5.31. The van der Waals surface area contributed by atoms with E-state index in [9.17, 15) is 14.4 Å². The lowest BCUT2D eigenvalue weighted by molar-refractivity contribution is -0.127. The Hall–Kier alpha value is -2.97. The van der Waals surface area contributed by atoms with E-state index in [2.05, 4.69) is 10.6 Å². The van der Waals surface area contributed by atoms with Gasteiger partial charge in [0.2, 0.25) is 11.8 Å². The molecule has 2 N–H and O–H groups in total. The van der Waals surface area contributed by atoms with Crippen molar-refractivity contribution < 1.29 is 14.4 Å². The molecule has 5 rings (SSSR count). The fourth-order valence-corrected chi connectivity index (χ4v) is 7.00. The Bertz CT molecular complexity index is 1310. The number of aryl methyl sites for hydroxylation is 1. The number of hydrogen-bond donors (Lipinski definition) is 2. The summed E-state index contributed by atoms with van der Waals surface area (Å²) in [6, 6.07) is 12.2. The molecule has 2 fully saturated rings. The van der Waals surface area contributed by atoms with Gasteiger partial charge in [0.05, 0.1) is 15.9 Å². The van der Waals surface area contributed by atoms with Crippen LogP contribution in [0.3, 0.4) is 0 Å². The highest BCUT2D eigenvalue weighted by atomic mass is 32.1. The van der Waals surface area contributed by atoms with Crippen LogP contribution in [0.4, 0.5) is 5.69 Å². The molecular weight excluding hydrogens is 508 g/mol. The lowest BCUT2D eigenvalue weighted by atomic mass is 9.79. The van der Waals surface area contributed by atoms with Gasteiger partial charge in [-0.2, -0.15) is 0 Å². The Morgan fingerprint density at radius 2 is 1.82 bits per heavy atom. The van der Waals surface area contributed by atoms with Crippen LogP contribution in [0.1, 0.15) is 67.9 Å². The molecule has 1 aliphatic carbocycles. The van der Waals surface area contributed by atoms with Crippen molar-refractivity contribution in [2.75, 3.05) is 24.5 Å². The van der Waals surface area contributed by atoms with Gasteiger partial charge in [0.1, 0.15) is 6.54 Å². The Balaban J connectivity index is 1.22. The van der Waals surface area contributed by atoms with E-state index in [1.54, 1.807) is 16.2 Å². The van der Waals surface area contributed by atoms with Crippen molar-refractivity contribution in [2.24, 2.45) is 11.8 Å². The van der Waals surface area contributed by atoms with E-state index in [0.29, 0.717) is 18.7 Å². The third-order valence-corrected chi connectivity index (χ3v) is 9.26. The summed E-state index contributed by atoms with van der Waals surface area (Å²) in [5.41, 5.74) is 3.55. The molecule has 39 heavy (non-hydrogen) atoms. The average Bonchev–Trinajstić information content (AvgIpc) is 3.53. The number of aromatic nitrogens is 1. The minimum absolute atomic E-state index is 0.0267. The highest BCUT2D eigenvalue weighted by Gasteiger charge is 2.30. The number of hydrogen-bond acceptors (Lipinski definition) is 5. The van der Waals surface area contributed by atoms with Crippen LogP contribution < -0.4 is 15.5 Å². The molecule has 0 atom stereocenters. The number of benzene rings is 1. The molecule has 1 saturated heterocycles. The Morgan fingerprint density at radius 1 is 1.05 bits per heavy atom. The predicted molar refractivity (Wildman–Crippen MR) is 157 cm³/mol. The SMILES string of the molecule is CCN(C(=O)Cn1c(C(=O)CC2CCC(C(=O)NC3CCNCC3)CC2)cc2sccc21)c1cccc(C)c1. The van der Waals surface area contributed by atoms with Crippen LogP contribution in [-0.4, -0.2) is 47.8 Å². The van der Waals surface area contributed by atoms with Gasteiger partial charge < -0.3 is 20.1 Å². The molecule has 7 nitrogen and oxygen atoms in total. The molecule has 1 aliphatic heterocycles. The molecule has 208 valence electrons. The molecular formula is C31H40N4O3S. The number of Topliss-reactive ketones (excluding diaryl/α,β-unsaturated/α-hetero) is 1. The molecule has 2 aliphatic rings. The van der Waals surface area contributed by atoms with Crippen molar-refractivity contribution in [3.8, 4) is 0 Å². The van der Waals surface area contributed by atoms with Gasteiger partial charge in [-0.15, -0.1) is 11.3 Å². The molecule has 0 radical (unpaired) electrons. The average molecular weight is 549 g/mol. The Morgan fingerprint density at radius 3 is 2.54 bits per heavy atom. The zero-order chi connectivity index (χ0) is 27.4. The minimum Gasteiger partial charge on any atom is -0.353 e. The largest absolute Gasteiger partial charge is 0.353 e. The maximum absolute atomic E-state index is 13.6. The number of ketones is 1. The number of carbonyl (C=O) groups excluding carboxylic acids is 3. The van der Waals surface area contributed by atoms with E-state index in [1.807, 2.05) is 60.2 Å². The van der Waals surface area contributed by atoms with Crippen molar-refractivity contribution in [1.29, 1.82) is 0 Å². The third-order valence-electron chi connectivity index (χ3n) is 8.41. The molecule has 3 aromatic rings. The minimum atomic E-state index is -0.0267. The van der Waals surface area contributed by atoms with Gasteiger partial charge in [-0.25, -0.2) is 0 Å². The van der Waals surface area contributed by atoms with E-state index in [4.69, 9.17) is 0 Å². The van der Waals surface area contributed by atoms with Crippen LogP contribution >= 0.6 is 11.3 Å². The zero-order valence-electron chi connectivity index (χ0n) is 23.1. The van der Waals surface area contributed by atoms with Gasteiger partial charge in [0, 0.05) is 30.6 Å². The number of piperidine rings is 1. The van der Waals surface area contributed by atoms with Gasteiger partial charge in [-0.1, -0.05) is 12.1 Å². The van der Waals surface area contributed by atoms with E-state index in [-0.39, 0.29) is 42.0 Å². The maximum atomic E-state index is 13.6. The number of carbonyl (C=O) groups is 3. The lowest BCUT2D eigenvalue weighted by Crippen LogP contribution is -2.45. The zero-order valence-corrected chi connectivity index (χ0v) is 23.9. The van der Waals surface area contributed by atoms with Crippen LogP contribution in [0.5, 0.6) is 0 Å². The van der Waals surface area contributed by atoms with Gasteiger partial charge >= 0.3 is 0 Å². The van der Waals surface area contributed by atoms with Crippen molar-refractivity contribution in [3.05, 3.63) is 53.0 Å². The van der Waals surface area contributed by atoms with E-state index >= 15 is 0 Å². The second-order valence-electron chi connectivity index (χ2n) is 11.1. The number of nitrogens with zero attached hydrogens (tertiary/aromatic N) is 2. The first-order valence-corrected chi connectivity index (χ1v) is 15.3. The van der Waals surface area contributed by atoms with Crippen molar-refractivity contribution in [2.45, 2.75) is 71.4 Å². The molecule has 3 heterocycles. The van der Waals surface area contributed by atoms with Crippen LogP contribution in [0.15, 0.2) is 41.8 Å². The van der Waals surface area contributed by atoms with Crippen LogP contribution in [0.25, 0.3) is 10.2 Å². The van der Waals surface area contributed by atoms with Crippen molar-refractivity contribution in [1.82, 2.24) is 15.2 Å². The number of amides is 2. The van der Waals surface area contributed by atoms with Crippen molar-refractivity contribution >= 4 is 44.8 Å². The number of anilines is 1. The van der Waals surface area contributed by atoms with E-state index in [1.165, 1.54) is 0 Å². The molecule has 0 unspecified atom stereocenters. The smallest absolute Gasteiger partial charge is 0.246 e. The highest BCUT2D eigenvalue weighted by Crippen LogP contribution is 2.33. The number of fused-ring (bicyclic) bond motifs is 1. The molecule has 2 amide bonds. The first kappa shape index (κ1) is 27.6. The van der Waals surface area contributed by atoms with Gasteiger partial charge in [0.25, 0.3) is 0 Å². The Kier molecular flexibility index (Phi) is 8.82. The van der Waals surface area contributed by atoms with Gasteiger partial charge in [0.15, 0.2) is 5.78 Å². The molecule has 2 aromatic heterocycles. The normalized spacial score (nSPS) is 20.2. The Labute approximate surface area is 234 Å². The van der Waals surface area contributed by atoms with Gasteiger partial charge in [-0.05, 0) is 107 Å².